The van der Waals surface area contributed by atoms with E-state index in [1.807, 2.05) is 6.92 Å². The number of hydrazone groups is 1. The van der Waals surface area contributed by atoms with Gasteiger partial charge in [-0.15, -0.1) is 5.10 Å². The van der Waals surface area contributed by atoms with Gasteiger partial charge < -0.3 is 10.5 Å². The van der Waals surface area contributed by atoms with Gasteiger partial charge in [0, 0.05) is 19.4 Å². The first kappa shape index (κ1) is 17.8. The fourth-order valence-corrected chi connectivity index (χ4v) is 2.97. The maximum absolute atomic E-state index is 12.5. The molecule has 24 heavy (non-hydrogen) atoms. The van der Waals surface area contributed by atoms with Crippen molar-refractivity contribution in [2.45, 2.75) is 25.5 Å². The van der Waals surface area contributed by atoms with Crippen molar-refractivity contribution in [3.05, 3.63) is 24.3 Å². The summed E-state index contributed by atoms with van der Waals surface area (Å²) in [7, 11) is 0. The molecule has 0 aromatic heterocycles. The molecule has 128 valence electrons. The van der Waals surface area contributed by atoms with Gasteiger partial charge in [-0.2, -0.15) is 0 Å². The molecular weight excluding hydrogens is 332 g/mol. The first-order chi connectivity index (χ1) is 11.4. The molecule has 2 rings (SSSR count). The van der Waals surface area contributed by atoms with Crippen LogP contribution >= 0.6 is 11.8 Å². The van der Waals surface area contributed by atoms with Crippen molar-refractivity contribution in [3.63, 3.8) is 0 Å². The van der Waals surface area contributed by atoms with E-state index in [2.05, 4.69) is 10.5 Å². The molecule has 1 atom stereocenters. The monoisotopic (exact) mass is 350 g/mol. The normalized spacial score (nSPS) is 18.0. The van der Waals surface area contributed by atoms with Gasteiger partial charge in [0.25, 0.3) is 0 Å². The number of benzene rings is 1. The van der Waals surface area contributed by atoms with Crippen LogP contribution in [-0.2, 0) is 14.4 Å². The average Bonchev–Trinajstić information content (AvgIpc) is 2.80. The summed E-state index contributed by atoms with van der Waals surface area (Å²) in [5.74, 6) is -0.488. The van der Waals surface area contributed by atoms with Crippen LogP contribution in [-0.4, -0.2) is 34.7 Å². The lowest BCUT2D eigenvalue weighted by molar-refractivity contribution is -0.121. The molecule has 1 aromatic carbocycles. The quantitative estimate of drug-likeness (QED) is 0.352. The van der Waals surface area contributed by atoms with Crippen LogP contribution in [0.5, 0.6) is 5.75 Å². The van der Waals surface area contributed by atoms with Crippen LogP contribution in [0.2, 0.25) is 0 Å². The number of anilines is 1. The minimum atomic E-state index is -0.675. The Morgan fingerprint density at radius 2 is 2.25 bits per heavy atom. The highest BCUT2D eigenvalue weighted by atomic mass is 32.2. The van der Waals surface area contributed by atoms with Gasteiger partial charge in [-0.05, 0) is 19.1 Å². The lowest BCUT2D eigenvalue weighted by Crippen LogP contribution is -2.32. The summed E-state index contributed by atoms with van der Waals surface area (Å²) in [6.45, 7) is 3.63. The molecule has 0 saturated carbocycles. The second kappa shape index (κ2) is 7.82. The molecule has 1 aromatic rings. The Hall–Kier alpha value is -2.55. The zero-order valence-electron chi connectivity index (χ0n) is 13.3. The topological polar surface area (TPSA) is 114 Å². The van der Waals surface area contributed by atoms with Gasteiger partial charge in [0.1, 0.15) is 11.0 Å². The summed E-state index contributed by atoms with van der Waals surface area (Å²) in [6.07, 6.45) is 0.0126. The van der Waals surface area contributed by atoms with Crippen LogP contribution in [0, 0.1) is 0 Å². The molecule has 1 fully saturated rings. The molecule has 1 aliphatic heterocycles. The van der Waals surface area contributed by atoms with Crippen LogP contribution in [0.4, 0.5) is 5.69 Å². The molecule has 3 amide bonds. The number of ether oxygens (including phenoxy) is 1. The van der Waals surface area contributed by atoms with Gasteiger partial charge in [-0.25, -0.2) is 10.3 Å². The largest absolute Gasteiger partial charge is 0.494 e. The molecule has 0 bridgehead atoms. The fraction of sp³-hybridized carbons (Fsp3) is 0.333. The van der Waals surface area contributed by atoms with Crippen molar-refractivity contribution in [1.82, 2.24) is 5.43 Å². The number of nitrogens with zero attached hydrogens (tertiary/aromatic N) is 2. The third kappa shape index (κ3) is 4.25. The van der Waals surface area contributed by atoms with Crippen LogP contribution in [0.1, 0.15) is 20.3 Å². The third-order valence-corrected chi connectivity index (χ3v) is 4.06. The molecule has 0 aliphatic carbocycles. The highest BCUT2D eigenvalue weighted by Crippen LogP contribution is 2.31. The SMILES string of the molecule is CCOc1cccc(N2C(=O)C[C@@H](S/C(N)=N\NC(C)=O)C2=O)c1. The number of nitrogens with two attached hydrogens (primary N) is 1. The highest BCUT2D eigenvalue weighted by Gasteiger charge is 2.40. The van der Waals surface area contributed by atoms with E-state index in [1.165, 1.54) is 6.92 Å². The van der Waals surface area contributed by atoms with E-state index in [9.17, 15) is 14.4 Å². The number of carbonyl (C=O) groups is 3. The first-order valence-electron chi connectivity index (χ1n) is 7.28. The predicted molar refractivity (Wildman–Crippen MR) is 91.5 cm³/mol. The Bertz CT molecular complexity index is 692. The first-order valence-corrected chi connectivity index (χ1v) is 8.16. The van der Waals surface area contributed by atoms with Crippen molar-refractivity contribution >= 4 is 40.3 Å². The minimum absolute atomic E-state index is 0.0126. The van der Waals surface area contributed by atoms with Crippen molar-refractivity contribution in [3.8, 4) is 5.75 Å². The maximum Gasteiger partial charge on any atom is 0.247 e. The van der Waals surface area contributed by atoms with Gasteiger partial charge in [0.05, 0.1) is 12.3 Å². The second-order valence-corrected chi connectivity index (χ2v) is 6.15. The van der Waals surface area contributed by atoms with Gasteiger partial charge in [0.15, 0.2) is 5.17 Å². The van der Waals surface area contributed by atoms with E-state index >= 15 is 0 Å². The summed E-state index contributed by atoms with van der Waals surface area (Å²) in [5.41, 5.74) is 8.30. The van der Waals surface area contributed by atoms with E-state index in [4.69, 9.17) is 10.5 Å². The predicted octanol–water partition coefficient (Wildman–Crippen LogP) is 0.816. The molecule has 0 radical (unpaired) electrons. The smallest absolute Gasteiger partial charge is 0.247 e. The number of thioether (sulfide) groups is 1. The van der Waals surface area contributed by atoms with Gasteiger partial charge in [0.2, 0.25) is 17.7 Å². The zero-order chi connectivity index (χ0) is 17.7. The zero-order valence-corrected chi connectivity index (χ0v) is 14.1. The minimum Gasteiger partial charge on any atom is -0.494 e. The van der Waals surface area contributed by atoms with Crippen molar-refractivity contribution in [1.29, 1.82) is 0 Å². The van der Waals surface area contributed by atoms with Crippen LogP contribution in [0.15, 0.2) is 29.4 Å². The van der Waals surface area contributed by atoms with Crippen LogP contribution in [0.3, 0.4) is 0 Å². The third-order valence-electron chi connectivity index (χ3n) is 3.08. The Morgan fingerprint density at radius 1 is 1.50 bits per heavy atom. The average molecular weight is 350 g/mol. The van der Waals surface area contributed by atoms with Crippen LogP contribution in [0.25, 0.3) is 0 Å². The number of nitrogens with one attached hydrogen (secondary N) is 1. The number of hydrogen-bond acceptors (Lipinski definition) is 6. The molecule has 9 heteroatoms. The Balaban J connectivity index is 2.12. The number of rotatable bonds is 5. The summed E-state index contributed by atoms with van der Waals surface area (Å²) >= 11 is 0.944. The van der Waals surface area contributed by atoms with E-state index in [1.54, 1.807) is 24.3 Å². The highest BCUT2D eigenvalue weighted by molar-refractivity contribution is 8.14. The lowest BCUT2D eigenvalue weighted by atomic mass is 10.3. The molecule has 1 saturated heterocycles. The number of imide groups is 1. The van der Waals surface area contributed by atoms with Gasteiger partial charge in [-0.1, -0.05) is 17.8 Å². The number of carbonyl (C=O) groups excluding carboxylic acids is 3. The maximum atomic E-state index is 12.5. The van der Waals surface area contributed by atoms with E-state index in [-0.39, 0.29) is 29.3 Å². The summed E-state index contributed by atoms with van der Waals surface area (Å²) in [6, 6.07) is 6.78. The van der Waals surface area contributed by atoms with Crippen molar-refractivity contribution in [2.24, 2.45) is 10.8 Å². The fourth-order valence-electron chi connectivity index (χ4n) is 2.15. The van der Waals surface area contributed by atoms with E-state index < -0.39 is 5.25 Å². The van der Waals surface area contributed by atoms with Gasteiger partial charge in [-0.3, -0.25) is 14.4 Å². The molecule has 8 nitrogen and oxygen atoms in total. The molecule has 0 spiro atoms. The Kier molecular flexibility index (Phi) is 5.80. The second-order valence-electron chi connectivity index (χ2n) is 4.93. The van der Waals surface area contributed by atoms with Gasteiger partial charge >= 0.3 is 0 Å². The summed E-state index contributed by atoms with van der Waals surface area (Å²) in [5, 5.41) is 2.98. The Labute approximate surface area is 143 Å². The Morgan fingerprint density at radius 3 is 2.92 bits per heavy atom. The summed E-state index contributed by atoms with van der Waals surface area (Å²) < 4.78 is 5.39. The summed E-state index contributed by atoms with van der Waals surface area (Å²) in [4.78, 5) is 36.6. The number of amides is 3. The molecule has 0 unspecified atom stereocenters. The molecular formula is C15H18N4O4S. The van der Waals surface area contributed by atoms with Crippen molar-refractivity contribution < 1.29 is 19.1 Å². The molecule has 1 heterocycles. The van der Waals surface area contributed by atoms with E-state index in [0.717, 1.165) is 16.7 Å². The molecule has 1 aliphatic rings. The lowest BCUT2D eigenvalue weighted by Gasteiger charge is -2.16. The number of amidine groups is 1. The number of hydrogen-bond donors (Lipinski definition) is 2. The van der Waals surface area contributed by atoms with E-state index in [0.29, 0.717) is 18.0 Å². The molecule has 3 N–H and O–H groups in total. The van der Waals surface area contributed by atoms with Crippen molar-refractivity contribution in [2.75, 3.05) is 11.5 Å². The standard InChI is InChI=1S/C15H18N4O4S/c1-3-23-11-6-4-5-10(7-11)19-13(21)8-12(14(19)22)24-15(16)18-17-9(2)20/h4-7,12H,3,8H2,1-2H3,(H2,16,18)(H,17,20)/t12-/m1/s1. The van der Waals surface area contributed by atoms with Crippen LogP contribution < -0.4 is 20.8 Å².